The molecule has 3 rings (SSSR count). The first-order valence-corrected chi connectivity index (χ1v) is 9.29. The Morgan fingerprint density at radius 2 is 1.69 bits per heavy atom. The van der Waals surface area contributed by atoms with Crippen molar-refractivity contribution in [3.8, 4) is 22.9 Å². The number of hydrogen-bond acceptors (Lipinski definition) is 5. The Morgan fingerprint density at radius 1 is 1.00 bits per heavy atom. The summed E-state index contributed by atoms with van der Waals surface area (Å²) in [5, 5.41) is 7.29. The van der Waals surface area contributed by atoms with Crippen molar-refractivity contribution in [3.05, 3.63) is 66.0 Å². The topological polar surface area (TPSA) is 74.6 Å². The van der Waals surface area contributed by atoms with Crippen LogP contribution in [0.4, 0.5) is 0 Å². The normalized spacial score (nSPS) is 10.4. The van der Waals surface area contributed by atoms with Gasteiger partial charge in [-0.25, -0.2) is 4.68 Å². The molecule has 1 heterocycles. The summed E-state index contributed by atoms with van der Waals surface area (Å²) in [6, 6.07) is 13.4. The van der Waals surface area contributed by atoms with E-state index in [1.54, 1.807) is 33.6 Å². The number of nitrogens with one attached hydrogen (secondary N) is 1. The average molecular weight is 395 g/mol. The van der Waals surface area contributed by atoms with Gasteiger partial charge in [-0.15, -0.1) is 0 Å². The lowest BCUT2D eigenvalue weighted by Crippen LogP contribution is -2.23. The maximum Gasteiger partial charge on any atom is 0.220 e. The summed E-state index contributed by atoms with van der Waals surface area (Å²) in [5.41, 5.74) is 2.81. The van der Waals surface area contributed by atoms with Crippen LogP contribution in [0.2, 0.25) is 0 Å². The van der Waals surface area contributed by atoms with E-state index in [1.807, 2.05) is 47.3 Å². The number of para-hydroxylation sites is 1. The number of ether oxygens (including phenoxy) is 3. The zero-order valence-electron chi connectivity index (χ0n) is 16.8. The van der Waals surface area contributed by atoms with Crippen molar-refractivity contribution in [2.75, 3.05) is 21.3 Å². The molecular weight excluding hydrogens is 370 g/mol. The van der Waals surface area contributed by atoms with E-state index in [4.69, 9.17) is 14.2 Å². The fourth-order valence-electron chi connectivity index (χ4n) is 2.98. The first-order valence-electron chi connectivity index (χ1n) is 9.29. The Labute approximate surface area is 170 Å². The highest BCUT2D eigenvalue weighted by molar-refractivity contribution is 5.76. The number of aryl methyl sites for hydroxylation is 1. The van der Waals surface area contributed by atoms with Crippen molar-refractivity contribution in [1.29, 1.82) is 0 Å². The minimum atomic E-state index is -0.0469. The second-order valence-electron chi connectivity index (χ2n) is 6.42. The molecule has 2 aromatic carbocycles. The number of nitrogens with zero attached hydrogens (tertiary/aromatic N) is 2. The highest BCUT2D eigenvalue weighted by Gasteiger charge is 2.13. The Bertz CT molecular complexity index is 954. The van der Waals surface area contributed by atoms with E-state index in [0.717, 1.165) is 16.8 Å². The van der Waals surface area contributed by atoms with Gasteiger partial charge >= 0.3 is 0 Å². The van der Waals surface area contributed by atoms with Crippen molar-refractivity contribution in [2.45, 2.75) is 19.4 Å². The zero-order valence-corrected chi connectivity index (χ0v) is 16.8. The van der Waals surface area contributed by atoms with Crippen LogP contribution < -0.4 is 19.5 Å². The van der Waals surface area contributed by atoms with Gasteiger partial charge in [0.1, 0.15) is 5.75 Å². The molecule has 0 radical (unpaired) electrons. The first-order chi connectivity index (χ1) is 14.1. The number of benzene rings is 2. The van der Waals surface area contributed by atoms with Crippen LogP contribution in [0.15, 0.2) is 54.9 Å². The van der Waals surface area contributed by atoms with Gasteiger partial charge in [0.15, 0.2) is 11.5 Å². The van der Waals surface area contributed by atoms with Crippen LogP contribution in [-0.4, -0.2) is 37.0 Å². The summed E-state index contributed by atoms with van der Waals surface area (Å²) in [4.78, 5) is 12.3. The van der Waals surface area contributed by atoms with Gasteiger partial charge in [-0.3, -0.25) is 4.79 Å². The summed E-state index contributed by atoms with van der Waals surface area (Å²) >= 11 is 0. The highest BCUT2D eigenvalue weighted by atomic mass is 16.5. The van der Waals surface area contributed by atoms with E-state index in [-0.39, 0.29) is 5.91 Å². The van der Waals surface area contributed by atoms with Gasteiger partial charge in [-0.2, -0.15) is 5.10 Å². The average Bonchev–Trinajstić information content (AvgIpc) is 3.25. The molecule has 0 aliphatic heterocycles. The number of aromatic nitrogens is 2. The Morgan fingerprint density at radius 3 is 2.38 bits per heavy atom. The van der Waals surface area contributed by atoms with E-state index in [0.29, 0.717) is 36.6 Å². The van der Waals surface area contributed by atoms with E-state index >= 15 is 0 Å². The molecule has 0 fully saturated rings. The molecule has 0 atom stereocenters. The largest absolute Gasteiger partial charge is 0.496 e. The van der Waals surface area contributed by atoms with Gasteiger partial charge in [-0.05, 0) is 30.2 Å². The molecule has 0 saturated carbocycles. The molecule has 7 nitrogen and oxygen atoms in total. The van der Waals surface area contributed by atoms with Crippen LogP contribution in [0.25, 0.3) is 5.69 Å². The molecular formula is C22H25N3O4. The summed E-state index contributed by atoms with van der Waals surface area (Å²) in [6.07, 6.45) is 4.72. The molecule has 1 N–H and O–H groups in total. The summed E-state index contributed by atoms with van der Waals surface area (Å²) in [6.45, 7) is 0.339. The van der Waals surface area contributed by atoms with E-state index in [2.05, 4.69) is 10.4 Å². The van der Waals surface area contributed by atoms with Gasteiger partial charge in [-0.1, -0.05) is 18.2 Å². The third-order valence-electron chi connectivity index (χ3n) is 4.56. The summed E-state index contributed by atoms with van der Waals surface area (Å²) in [7, 11) is 4.72. The Hall–Kier alpha value is -3.48. The predicted molar refractivity (Wildman–Crippen MR) is 110 cm³/mol. The lowest BCUT2D eigenvalue weighted by molar-refractivity contribution is -0.121. The molecule has 1 aromatic heterocycles. The standard InChI is InChI=1S/C22H25N3O4/c1-27-19-12-21(29-3)20(28-2)11-17(19)14-23-22(26)10-9-16-13-24-25(15-16)18-7-5-4-6-8-18/h4-8,11-13,15H,9-10,14H2,1-3H3,(H,23,26). The van der Waals surface area contributed by atoms with Gasteiger partial charge in [0.05, 0.1) is 33.2 Å². The van der Waals surface area contributed by atoms with Crippen molar-refractivity contribution in [2.24, 2.45) is 0 Å². The second-order valence-corrected chi connectivity index (χ2v) is 6.42. The molecule has 0 bridgehead atoms. The van der Waals surface area contributed by atoms with Gasteiger partial charge in [0.2, 0.25) is 5.91 Å². The van der Waals surface area contributed by atoms with Gasteiger partial charge in [0, 0.05) is 30.8 Å². The molecule has 0 aliphatic carbocycles. The van der Waals surface area contributed by atoms with Crippen LogP contribution in [-0.2, 0) is 17.8 Å². The fourth-order valence-corrected chi connectivity index (χ4v) is 2.98. The monoisotopic (exact) mass is 395 g/mol. The van der Waals surface area contributed by atoms with Gasteiger partial charge < -0.3 is 19.5 Å². The molecule has 0 aliphatic rings. The fraction of sp³-hybridized carbons (Fsp3) is 0.273. The van der Waals surface area contributed by atoms with Crippen molar-refractivity contribution < 1.29 is 19.0 Å². The van der Waals surface area contributed by atoms with Crippen molar-refractivity contribution in [3.63, 3.8) is 0 Å². The molecule has 7 heteroatoms. The smallest absolute Gasteiger partial charge is 0.220 e. The molecule has 29 heavy (non-hydrogen) atoms. The third kappa shape index (κ3) is 5.07. The molecule has 1 amide bonds. The maximum atomic E-state index is 12.3. The first kappa shape index (κ1) is 20.3. The van der Waals surface area contributed by atoms with E-state index in [9.17, 15) is 4.79 Å². The van der Waals surface area contributed by atoms with Crippen LogP contribution in [0.1, 0.15) is 17.5 Å². The number of carbonyl (C=O) groups excluding carboxylic acids is 1. The number of methoxy groups -OCH3 is 3. The SMILES string of the molecule is COc1cc(OC)c(OC)cc1CNC(=O)CCc1cnn(-c2ccccc2)c1. The quantitative estimate of drug-likeness (QED) is 0.602. The summed E-state index contributed by atoms with van der Waals surface area (Å²) in [5.74, 6) is 1.75. The molecule has 0 spiro atoms. The molecule has 0 unspecified atom stereocenters. The number of carbonyl (C=O) groups is 1. The molecule has 152 valence electrons. The molecule has 0 saturated heterocycles. The Balaban J connectivity index is 1.56. The minimum Gasteiger partial charge on any atom is -0.496 e. The van der Waals surface area contributed by atoms with Crippen LogP contribution in [0, 0.1) is 0 Å². The predicted octanol–water partition coefficient (Wildman–Crippen LogP) is 3.15. The van der Waals surface area contributed by atoms with E-state index < -0.39 is 0 Å². The summed E-state index contributed by atoms with van der Waals surface area (Å²) < 4.78 is 17.8. The van der Waals surface area contributed by atoms with Crippen LogP contribution >= 0.6 is 0 Å². The zero-order chi connectivity index (χ0) is 20.6. The number of amides is 1. The minimum absolute atomic E-state index is 0.0469. The lowest BCUT2D eigenvalue weighted by Gasteiger charge is -2.14. The number of rotatable bonds is 9. The lowest BCUT2D eigenvalue weighted by atomic mass is 10.1. The van der Waals surface area contributed by atoms with E-state index in [1.165, 1.54) is 0 Å². The second kappa shape index (κ2) is 9.64. The van der Waals surface area contributed by atoms with Crippen LogP contribution in [0.5, 0.6) is 17.2 Å². The third-order valence-corrected chi connectivity index (χ3v) is 4.56. The van der Waals surface area contributed by atoms with Gasteiger partial charge in [0.25, 0.3) is 0 Å². The Kier molecular flexibility index (Phi) is 6.73. The van der Waals surface area contributed by atoms with Crippen LogP contribution in [0.3, 0.4) is 0 Å². The number of hydrogen-bond donors (Lipinski definition) is 1. The van der Waals surface area contributed by atoms with Crippen molar-refractivity contribution in [1.82, 2.24) is 15.1 Å². The molecule has 3 aromatic rings. The van der Waals surface area contributed by atoms with Crippen molar-refractivity contribution >= 4 is 5.91 Å². The maximum absolute atomic E-state index is 12.3. The highest BCUT2D eigenvalue weighted by Crippen LogP contribution is 2.34.